The normalized spacial score (nSPS) is 14.0. The van der Waals surface area contributed by atoms with Gasteiger partial charge in [-0.15, -0.1) is 0 Å². The first-order valence-electron chi connectivity index (χ1n) is 5.11. The van der Waals surface area contributed by atoms with Gasteiger partial charge >= 0.3 is 0 Å². The highest BCUT2D eigenvalue weighted by Crippen LogP contribution is 2.10. The molecule has 0 rings (SSSR count). The number of hydrogen-bond donors (Lipinski definition) is 1. The molecule has 0 aromatic rings. The van der Waals surface area contributed by atoms with Gasteiger partial charge < -0.3 is 10.5 Å². The van der Waals surface area contributed by atoms with Gasteiger partial charge in [-0.2, -0.15) is 4.31 Å². The summed E-state index contributed by atoms with van der Waals surface area (Å²) < 4.78 is 30.2. The van der Waals surface area contributed by atoms with Gasteiger partial charge in [-0.25, -0.2) is 8.42 Å². The van der Waals surface area contributed by atoms with Crippen molar-refractivity contribution in [3.8, 4) is 0 Å². The fourth-order valence-corrected chi connectivity index (χ4v) is 3.30. The van der Waals surface area contributed by atoms with Gasteiger partial charge in [0.15, 0.2) is 0 Å². The molecule has 0 spiro atoms. The summed E-state index contributed by atoms with van der Waals surface area (Å²) in [6.45, 7) is 4.48. The van der Waals surface area contributed by atoms with Gasteiger partial charge in [-0.3, -0.25) is 0 Å². The Balaban J connectivity index is 4.79. The third kappa shape index (κ3) is 5.20. The second-order valence-corrected chi connectivity index (χ2v) is 6.03. The Morgan fingerprint density at radius 1 is 1.56 bits per heavy atom. The number of thiocarbonyl (C=S) groups is 1. The van der Waals surface area contributed by atoms with Crippen molar-refractivity contribution < 1.29 is 13.2 Å². The molecular formula is C9H20N2O3S2. The van der Waals surface area contributed by atoms with E-state index in [1.54, 1.807) is 0 Å². The predicted molar refractivity (Wildman–Crippen MR) is 68.9 cm³/mol. The third-order valence-electron chi connectivity index (χ3n) is 2.28. The van der Waals surface area contributed by atoms with Gasteiger partial charge in [0.25, 0.3) is 0 Å². The van der Waals surface area contributed by atoms with E-state index in [1.165, 1.54) is 11.4 Å². The molecule has 1 unspecified atom stereocenters. The molecule has 16 heavy (non-hydrogen) atoms. The smallest absolute Gasteiger partial charge is 0.220 e. The van der Waals surface area contributed by atoms with Gasteiger partial charge in [0.05, 0.1) is 11.6 Å². The summed E-state index contributed by atoms with van der Waals surface area (Å²) in [6, 6.07) is -0.0745. The molecule has 0 bridgehead atoms. The molecule has 0 aliphatic rings. The summed E-state index contributed by atoms with van der Waals surface area (Å²) in [5.74, 6) is -0.281. The topological polar surface area (TPSA) is 72.6 Å². The first-order chi connectivity index (χ1) is 7.35. The van der Waals surface area contributed by atoms with E-state index in [1.807, 2.05) is 13.8 Å². The Labute approximate surface area is 103 Å². The molecule has 0 saturated carbocycles. The van der Waals surface area contributed by atoms with Crippen molar-refractivity contribution in [2.75, 3.05) is 26.0 Å². The molecule has 0 aliphatic carbocycles. The van der Waals surface area contributed by atoms with Gasteiger partial charge in [0, 0.05) is 19.7 Å². The van der Waals surface area contributed by atoms with Crippen LogP contribution in [0.5, 0.6) is 0 Å². The zero-order valence-electron chi connectivity index (χ0n) is 9.97. The maximum atomic E-state index is 12.0. The molecule has 0 fully saturated rings. The second kappa shape index (κ2) is 7.16. The van der Waals surface area contributed by atoms with Gasteiger partial charge in [0.1, 0.15) is 5.75 Å². The van der Waals surface area contributed by atoms with Crippen LogP contribution < -0.4 is 5.73 Å². The lowest BCUT2D eigenvalue weighted by Gasteiger charge is -2.27. The highest BCUT2D eigenvalue weighted by atomic mass is 32.2. The zero-order chi connectivity index (χ0) is 12.8. The minimum absolute atomic E-state index is 0.00859. The minimum atomic E-state index is -3.42. The Bertz CT molecular complexity index is 317. The number of hydrogen-bond acceptors (Lipinski definition) is 4. The molecule has 0 heterocycles. The van der Waals surface area contributed by atoms with Crippen LogP contribution in [0.25, 0.3) is 0 Å². The van der Waals surface area contributed by atoms with Crippen LogP contribution in [0, 0.1) is 0 Å². The number of sulfonamides is 1. The number of nitrogens with two attached hydrogens (primary N) is 1. The van der Waals surface area contributed by atoms with E-state index < -0.39 is 10.0 Å². The van der Waals surface area contributed by atoms with Crippen LogP contribution in [0.3, 0.4) is 0 Å². The Morgan fingerprint density at radius 3 is 2.50 bits per heavy atom. The number of methoxy groups -OCH3 is 1. The van der Waals surface area contributed by atoms with Crippen molar-refractivity contribution in [2.45, 2.75) is 26.3 Å². The quantitative estimate of drug-likeness (QED) is 0.643. The van der Waals surface area contributed by atoms with Crippen LogP contribution in [0.2, 0.25) is 0 Å². The van der Waals surface area contributed by atoms with Crippen molar-refractivity contribution in [2.24, 2.45) is 5.73 Å². The molecular weight excluding hydrogens is 248 g/mol. The maximum Gasteiger partial charge on any atom is 0.220 e. The molecule has 0 aliphatic heterocycles. The molecule has 7 heteroatoms. The minimum Gasteiger partial charge on any atom is -0.392 e. The zero-order valence-corrected chi connectivity index (χ0v) is 11.6. The summed E-state index contributed by atoms with van der Waals surface area (Å²) in [7, 11) is -1.88. The molecule has 0 amide bonds. The summed E-state index contributed by atoms with van der Waals surface area (Å²) in [4.78, 5) is -0.00859. The molecule has 2 N–H and O–H groups in total. The lowest BCUT2D eigenvalue weighted by Crippen LogP contribution is -2.43. The van der Waals surface area contributed by atoms with Crippen LogP contribution in [-0.2, 0) is 14.8 Å². The van der Waals surface area contributed by atoms with Crippen LogP contribution in [0.15, 0.2) is 0 Å². The number of ether oxygens (including phenoxy) is 1. The lowest BCUT2D eigenvalue weighted by atomic mass is 10.3. The highest BCUT2D eigenvalue weighted by Gasteiger charge is 2.26. The Hall–Kier alpha value is -0.240. The fourth-order valence-electron chi connectivity index (χ4n) is 1.28. The fraction of sp³-hybridized carbons (Fsp3) is 0.889. The molecule has 96 valence electrons. The van der Waals surface area contributed by atoms with Gasteiger partial charge in [-0.05, 0) is 13.3 Å². The third-order valence-corrected chi connectivity index (χ3v) is 4.54. The predicted octanol–water partition coefficient (Wildman–Crippen LogP) is 0.349. The Kier molecular flexibility index (Phi) is 7.05. The van der Waals surface area contributed by atoms with E-state index in [4.69, 9.17) is 10.5 Å². The summed E-state index contributed by atoms with van der Waals surface area (Å²) in [5, 5.41) is 0. The van der Waals surface area contributed by atoms with Gasteiger partial charge in [0.2, 0.25) is 10.0 Å². The van der Waals surface area contributed by atoms with E-state index in [2.05, 4.69) is 12.2 Å². The van der Waals surface area contributed by atoms with Crippen LogP contribution in [0.1, 0.15) is 20.3 Å². The number of nitrogens with zero attached hydrogens (tertiary/aromatic N) is 1. The first-order valence-corrected chi connectivity index (χ1v) is 7.13. The standard InChI is InChI=1S/C9H20N2O3S2/c1-4-8(2)11(5-6-14-3)16(12,13)7-9(10)15/h8H,4-7H2,1-3H3,(H2,10,15). The van der Waals surface area contributed by atoms with Crippen LogP contribution >= 0.6 is 12.2 Å². The monoisotopic (exact) mass is 268 g/mol. The van der Waals surface area contributed by atoms with Crippen molar-refractivity contribution in [1.82, 2.24) is 4.31 Å². The summed E-state index contributed by atoms with van der Waals surface area (Å²) >= 11 is 4.64. The molecule has 0 saturated heterocycles. The van der Waals surface area contributed by atoms with Crippen molar-refractivity contribution in [1.29, 1.82) is 0 Å². The van der Waals surface area contributed by atoms with E-state index in [9.17, 15) is 8.42 Å². The molecule has 1 atom stereocenters. The maximum absolute atomic E-state index is 12.0. The van der Waals surface area contributed by atoms with E-state index in [0.717, 1.165) is 6.42 Å². The Morgan fingerprint density at radius 2 is 2.12 bits per heavy atom. The average molecular weight is 268 g/mol. The van der Waals surface area contributed by atoms with E-state index in [0.29, 0.717) is 13.2 Å². The van der Waals surface area contributed by atoms with Crippen molar-refractivity contribution in [3.63, 3.8) is 0 Å². The van der Waals surface area contributed by atoms with E-state index in [-0.39, 0.29) is 16.8 Å². The number of rotatable bonds is 8. The second-order valence-electron chi connectivity index (χ2n) is 3.58. The van der Waals surface area contributed by atoms with Crippen LogP contribution in [-0.4, -0.2) is 49.8 Å². The molecule has 0 radical (unpaired) electrons. The SMILES string of the molecule is CCC(C)N(CCOC)S(=O)(=O)CC(N)=S. The van der Waals surface area contributed by atoms with Crippen LogP contribution in [0.4, 0.5) is 0 Å². The van der Waals surface area contributed by atoms with Crippen molar-refractivity contribution >= 4 is 27.2 Å². The van der Waals surface area contributed by atoms with E-state index >= 15 is 0 Å². The van der Waals surface area contributed by atoms with Crippen molar-refractivity contribution in [3.05, 3.63) is 0 Å². The average Bonchev–Trinajstić information content (AvgIpc) is 2.15. The molecule has 0 aromatic heterocycles. The summed E-state index contributed by atoms with van der Waals surface area (Å²) in [5.41, 5.74) is 5.28. The lowest BCUT2D eigenvalue weighted by molar-refractivity contribution is 0.167. The molecule has 5 nitrogen and oxygen atoms in total. The first kappa shape index (κ1) is 15.8. The van der Waals surface area contributed by atoms with Gasteiger partial charge in [-0.1, -0.05) is 19.1 Å². The molecule has 0 aromatic carbocycles. The largest absolute Gasteiger partial charge is 0.392 e. The highest BCUT2D eigenvalue weighted by molar-refractivity contribution is 7.92. The summed E-state index contributed by atoms with van der Waals surface area (Å²) in [6.07, 6.45) is 0.736.